The van der Waals surface area contributed by atoms with Crippen LogP contribution in [0.1, 0.15) is 38.5 Å². The molecule has 24 heavy (non-hydrogen) atoms. The molecule has 2 aromatic heterocycles. The Kier molecular flexibility index (Phi) is 3.64. The fourth-order valence-electron chi connectivity index (χ4n) is 3.60. The molecule has 1 saturated heterocycles. The first-order valence-electron chi connectivity index (χ1n) is 8.11. The molecule has 1 aliphatic carbocycles. The minimum atomic E-state index is -0.758. The van der Waals surface area contributed by atoms with Crippen LogP contribution in [0.3, 0.4) is 0 Å². The van der Waals surface area contributed by atoms with Gasteiger partial charge in [0.05, 0.1) is 4.88 Å². The highest BCUT2D eigenvalue weighted by Gasteiger charge is 2.55. The summed E-state index contributed by atoms with van der Waals surface area (Å²) in [5.74, 6) is 0.711. The minimum absolute atomic E-state index is 0.0114. The van der Waals surface area contributed by atoms with Gasteiger partial charge >= 0.3 is 6.03 Å². The number of hydrogen-bond acceptors (Lipinski definition) is 6. The highest BCUT2D eigenvalue weighted by atomic mass is 32.1. The summed E-state index contributed by atoms with van der Waals surface area (Å²) in [5, 5.41) is 8.78. The molecule has 4 rings (SSSR count). The summed E-state index contributed by atoms with van der Waals surface area (Å²) in [6.07, 6.45) is 3.69. The average Bonchev–Trinajstić information content (AvgIpc) is 3.28. The van der Waals surface area contributed by atoms with Crippen molar-refractivity contribution in [3.8, 4) is 10.7 Å². The Labute approximate surface area is 143 Å². The third-order valence-corrected chi connectivity index (χ3v) is 5.87. The van der Waals surface area contributed by atoms with Crippen LogP contribution in [0.25, 0.3) is 10.7 Å². The maximum absolute atomic E-state index is 12.9. The molecule has 2 aliphatic rings. The molecule has 0 bridgehead atoms. The molecule has 1 saturated carbocycles. The zero-order valence-corrected chi connectivity index (χ0v) is 14.1. The normalized spacial score (nSPS) is 27.0. The Morgan fingerprint density at radius 1 is 1.46 bits per heavy atom. The first-order valence-corrected chi connectivity index (χ1v) is 8.99. The lowest BCUT2D eigenvalue weighted by atomic mass is 9.73. The summed E-state index contributed by atoms with van der Waals surface area (Å²) >= 11 is 1.51. The minimum Gasteiger partial charge on any atom is -0.337 e. The molecular weight excluding hydrogens is 328 g/mol. The van der Waals surface area contributed by atoms with E-state index in [0.717, 1.165) is 24.1 Å². The number of rotatable bonds is 3. The Balaban J connectivity index is 1.55. The van der Waals surface area contributed by atoms with Crippen molar-refractivity contribution >= 4 is 23.3 Å². The second-order valence-electron chi connectivity index (χ2n) is 6.43. The highest BCUT2D eigenvalue weighted by Crippen LogP contribution is 2.38. The molecule has 2 atom stereocenters. The van der Waals surface area contributed by atoms with Gasteiger partial charge < -0.3 is 9.84 Å². The molecule has 2 fully saturated rings. The van der Waals surface area contributed by atoms with Crippen molar-refractivity contribution in [3.63, 3.8) is 0 Å². The molecule has 0 radical (unpaired) electrons. The second kappa shape index (κ2) is 5.70. The number of hydrogen-bond donors (Lipinski definition) is 1. The van der Waals surface area contributed by atoms with Crippen LogP contribution in [-0.2, 0) is 11.3 Å². The number of carbonyl (C=O) groups is 2. The molecule has 0 unspecified atom stereocenters. The smallest absolute Gasteiger partial charge is 0.325 e. The lowest BCUT2D eigenvalue weighted by Gasteiger charge is -2.36. The molecule has 2 aromatic rings. The molecule has 7 nitrogen and oxygen atoms in total. The zero-order valence-electron chi connectivity index (χ0n) is 13.3. The summed E-state index contributed by atoms with van der Waals surface area (Å²) in [5.41, 5.74) is -0.758. The Hall–Kier alpha value is -2.22. The van der Waals surface area contributed by atoms with Gasteiger partial charge in [0.25, 0.3) is 5.91 Å². The molecule has 3 amide bonds. The van der Waals surface area contributed by atoms with Crippen LogP contribution in [0, 0.1) is 5.92 Å². The van der Waals surface area contributed by atoms with Gasteiger partial charge in [-0.15, -0.1) is 11.3 Å². The van der Waals surface area contributed by atoms with Crippen LogP contribution in [0.4, 0.5) is 4.79 Å². The standard InChI is InChI=1S/C16H18N4O3S/c1-10-5-2-3-7-16(10)14(21)20(15(22)18-16)9-12-17-13(19-23-12)11-6-4-8-24-11/h4,6,8,10H,2-3,5,7,9H2,1H3,(H,18,22)/t10-,16-/m1/s1. The maximum atomic E-state index is 12.9. The van der Waals surface area contributed by atoms with Crippen LogP contribution in [-0.4, -0.2) is 32.5 Å². The van der Waals surface area contributed by atoms with E-state index in [1.54, 1.807) is 0 Å². The molecule has 1 N–H and O–H groups in total. The first-order chi connectivity index (χ1) is 11.6. The van der Waals surface area contributed by atoms with E-state index in [1.807, 2.05) is 24.4 Å². The summed E-state index contributed by atoms with van der Waals surface area (Å²) in [6, 6.07) is 3.43. The number of imide groups is 1. The molecule has 8 heteroatoms. The van der Waals surface area contributed by atoms with Gasteiger partial charge in [0.15, 0.2) is 0 Å². The molecular formula is C16H18N4O3S. The molecule has 126 valence electrons. The van der Waals surface area contributed by atoms with Crippen molar-refractivity contribution in [2.45, 2.75) is 44.7 Å². The number of nitrogens with zero attached hydrogens (tertiary/aromatic N) is 3. The van der Waals surface area contributed by atoms with Gasteiger partial charge in [-0.1, -0.05) is 31.0 Å². The van der Waals surface area contributed by atoms with Crippen molar-refractivity contribution in [2.75, 3.05) is 0 Å². The Morgan fingerprint density at radius 2 is 2.33 bits per heavy atom. The first kappa shape index (κ1) is 15.3. The van der Waals surface area contributed by atoms with Gasteiger partial charge in [-0.25, -0.2) is 4.79 Å². The topological polar surface area (TPSA) is 88.3 Å². The van der Waals surface area contributed by atoms with Gasteiger partial charge in [0.1, 0.15) is 12.1 Å². The van der Waals surface area contributed by atoms with Crippen LogP contribution < -0.4 is 5.32 Å². The molecule has 0 aromatic carbocycles. The SMILES string of the molecule is C[C@@H]1CCCC[C@@]12NC(=O)N(Cc1nc(-c3cccs3)no1)C2=O. The van der Waals surface area contributed by atoms with Crippen LogP contribution >= 0.6 is 11.3 Å². The van der Waals surface area contributed by atoms with E-state index in [9.17, 15) is 9.59 Å². The third-order valence-electron chi connectivity index (χ3n) is 5.00. The summed E-state index contributed by atoms with van der Waals surface area (Å²) in [7, 11) is 0. The number of thiophene rings is 1. The van der Waals surface area contributed by atoms with E-state index in [1.165, 1.54) is 16.2 Å². The molecule has 1 spiro atoms. The highest BCUT2D eigenvalue weighted by molar-refractivity contribution is 7.13. The summed E-state index contributed by atoms with van der Waals surface area (Å²) < 4.78 is 5.22. The van der Waals surface area contributed by atoms with E-state index in [2.05, 4.69) is 15.5 Å². The number of urea groups is 1. The van der Waals surface area contributed by atoms with Crippen LogP contribution in [0.15, 0.2) is 22.0 Å². The van der Waals surface area contributed by atoms with Gasteiger partial charge in [-0.2, -0.15) is 4.98 Å². The lowest BCUT2D eigenvalue weighted by molar-refractivity contribution is -0.134. The van der Waals surface area contributed by atoms with Gasteiger partial charge in [-0.05, 0) is 30.2 Å². The van der Waals surface area contributed by atoms with Crippen molar-refractivity contribution < 1.29 is 14.1 Å². The van der Waals surface area contributed by atoms with Crippen LogP contribution in [0.2, 0.25) is 0 Å². The zero-order chi connectivity index (χ0) is 16.7. The predicted molar refractivity (Wildman–Crippen MR) is 87.1 cm³/mol. The lowest BCUT2D eigenvalue weighted by Crippen LogP contribution is -2.53. The van der Waals surface area contributed by atoms with Gasteiger partial charge in [0.2, 0.25) is 11.7 Å². The average molecular weight is 346 g/mol. The number of amides is 3. The summed E-state index contributed by atoms with van der Waals surface area (Å²) in [4.78, 5) is 31.6. The van der Waals surface area contributed by atoms with Crippen molar-refractivity contribution in [1.29, 1.82) is 0 Å². The van der Waals surface area contributed by atoms with Gasteiger partial charge in [-0.3, -0.25) is 9.69 Å². The fraction of sp³-hybridized carbons (Fsp3) is 0.500. The van der Waals surface area contributed by atoms with E-state index in [0.29, 0.717) is 12.2 Å². The van der Waals surface area contributed by atoms with Gasteiger partial charge in [0, 0.05) is 0 Å². The number of nitrogens with one attached hydrogen (secondary N) is 1. The summed E-state index contributed by atoms with van der Waals surface area (Å²) in [6.45, 7) is 2.04. The van der Waals surface area contributed by atoms with E-state index >= 15 is 0 Å². The predicted octanol–water partition coefficient (Wildman–Crippen LogP) is 2.80. The third kappa shape index (κ3) is 2.32. The van der Waals surface area contributed by atoms with Crippen molar-refractivity contribution in [2.24, 2.45) is 5.92 Å². The fourth-order valence-corrected chi connectivity index (χ4v) is 4.25. The quantitative estimate of drug-likeness (QED) is 0.863. The Morgan fingerprint density at radius 3 is 3.08 bits per heavy atom. The number of carbonyl (C=O) groups excluding carboxylic acids is 2. The molecule has 3 heterocycles. The molecule has 1 aliphatic heterocycles. The van der Waals surface area contributed by atoms with Crippen LogP contribution in [0.5, 0.6) is 0 Å². The largest absolute Gasteiger partial charge is 0.337 e. The van der Waals surface area contributed by atoms with E-state index in [4.69, 9.17) is 4.52 Å². The van der Waals surface area contributed by atoms with Crippen molar-refractivity contribution in [3.05, 3.63) is 23.4 Å². The van der Waals surface area contributed by atoms with Crippen molar-refractivity contribution in [1.82, 2.24) is 20.4 Å². The second-order valence-corrected chi connectivity index (χ2v) is 7.38. The van der Waals surface area contributed by atoms with E-state index in [-0.39, 0.29) is 30.3 Å². The monoisotopic (exact) mass is 346 g/mol. The van der Waals surface area contributed by atoms with E-state index < -0.39 is 5.54 Å². The number of aromatic nitrogens is 2. The maximum Gasteiger partial charge on any atom is 0.325 e. The Bertz CT molecular complexity index is 772.